The lowest BCUT2D eigenvalue weighted by molar-refractivity contribution is 0.528. The van der Waals surface area contributed by atoms with Gasteiger partial charge >= 0.3 is 0 Å². The molecule has 0 bridgehead atoms. The highest BCUT2D eigenvalue weighted by Crippen LogP contribution is 2.24. The number of hydrogen-bond donors (Lipinski definition) is 1. The summed E-state index contributed by atoms with van der Waals surface area (Å²) >= 11 is 9.38. The molecule has 0 aromatic heterocycles. The maximum absolute atomic E-state index is 13.3. The van der Waals surface area contributed by atoms with Gasteiger partial charge in [0.1, 0.15) is 5.82 Å². The van der Waals surface area contributed by atoms with E-state index >= 15 is 0 Å². The fourth-order valence-electron chi connectivity index (χ4n) is 2.25. The Bertz CT molecular complexity index is 603. The highest BCUT2D eigenvalue weighted by molar-refractivity contribution is 9.10. The first-order chi connectivity index (χ1) is 10.1. The molecule has 1 nitrogen and oxygen atoms in total. The summed E-state index contributed by atoms with van der Waals surface area (Å²) in [4.78, 5) is 0. The minimum absolute atomic E-state index is 0.177. The molecule has 0 aliphatic carbocycles. The van der Waals surface area contributed by atoms with Crippen molar-refractivity contribution >= 4 is 27.5 Å². The molecule has 0 radical (unpaired) electrons. The number of hydrogen-bond acceptors (Lipinski definition) is 1. The van der Waals surface area contributed by atoms with Crippen LogP contribution in [0, 0.1) is 5.82 Å². The minimum atomic E-state index is -0.374. The first-order valence-corrected chi connectivity index (χ1v) is 8.20. The molecule has 1 atom stereocenters. The molecule has 1 N–H and O–H groups in total. The van der Waals surface area contributed by atoms with Crippen molar-refractivity contribution in [2.24, 2.45) is 0 Å². The van der Waals surface area contributed by atoms with Gasteiger partial charge < -0.3 is 5.32 Å². The molecule has 0 saturated heterocycles. The number of benzene rings is 2. The molecule has 0 aliphatic heterocycles. The first-order valence-electron chi connectivity index (χ1n) is 7.03. The molecule has 0 aliphatic rings. The molecule has 2 aromatic rings. The Kier molecular flexibility index (Phi) is 6.22. The van der Waals surface area contributed by atoms with E-state index in [1.165, 1.54) is 11.6 Å². The highest BCUT2D eigenvalue weighted by atomic mass is 79.9. The molecule has 4 heteroatoms. The average Bonchev–Trinajstić information content (AvgIpc) is 2.47. The lowest BCUT2D eigenvalue weighted by Crippen LogP contribution is -2.24. The van der Waals surface area contributed by atoms with E-state index in [0.29, 0.717) is 0 Å². The van der Waals surface area contributed by atoms with E-state index in [2.05, 4.69) is 40.3 Å². The van der Waals surface area contributed by atoms with E-state index < -0.39 is 0 Å². The maximum Gasteiger partial charge on any atom is 0.141 e. The summed E-state index contributed by atoms with van der Waals surface area (Å²) in [6.45, 7) is 3.08. The Morgan fingerprint density at radius 3 is 2.71 bits per heavy atom. The van der Waals surface area contributed by atoms with Gasteiger partial charge in [-0.3, -0.25) is 0 Å². The molecule has 0 spiro atoms. The molecule has 2 aromatic carbocycles. The molecular formula is C17H18BrClFN. The summed E-state index contributed by atoms with van der Waals surface area (Å²) in [7, 11) is 0. The second-order valence-corrected chi connectivity index (χ2v) is 6.34. The van der Waals surface area contributed by atoms with Crippen LogP contribution in [0.3, 0.4) is 0 Å². The Morgan fingerprint density at radius 1 is 1.24 bits per heavy atom. The fraction of sp³-hybridized carbons (Fsp3) is 0.294. The van der Waals surface area contributed by atoms with Gasteiger partial charge in [0.25, 0.3) is 0 Å². The molecule has 0 amide bonds. The van der Waals surface area contributed by atoms with Crippen LogP contribution in [-0.2, 0) is 6.42 Å². The van der Waals surface area contributed by atoms with Crippen LogP contribution < -0.4 is 5.32 Å². The van der Waals surface area contributed by atoms with Crippen molar-refractivity contribution in [1.29, 1.82) is 0 Å². The van der Waals surface area contributed by atoms with Crippen LogP contribution in [0.5, 0.6) is 0 Å². The van der Waals surface area contributed by atoms with Gasteiger partial charge in [0.15, 0.2) is 0 Å². The van der Waals surface area contributed by atoms with Crippen molar-refractivity contribution in [3.63, 3.8) is 0 Å². The van der Waals surface area contributed by atoms with Gasteiger partial charge in [0.05, 0.1) is 5.02 Å². The average molecular weight is 371 g/mol. The van der Waals surface area contributed by atoms with E-state index in [-0.39, 0.29) is 16.9 Å². The third-order valence-electron chi connectivity index (χ3n) is 3.32. The fourth-order valence-corrected chi connectivity index (χ4v) is 2.87. The molecular weight excluding hydrogens is 353 g/mol. The van der Waals surface area contributed by atoms with Gasteiger partial charge in [0, 0.05) is 10.5 Å². The number of halogens is 3. The summed E-state index contributed by atoms with van der Waals surface area (Å²) in [6.07, 6.45) is 1.84. The summed E-state index contributed by atoms with van der Waals surface area (Å²) in [5, 5.41) is 3.71. The molecule has 21 heavy (non-hydrogen) atoms. The van der Waals surface area contributed by atoms with Crippen LogP contribution in [0.2, 0.25) is 5.02 Å². The molecule has 0 saturated carbocycles. The van der Waals surface area contributed by atoms with Crippen LogP contribution in [0.25, 0.3) is 0 Å². The Labute approximate surface area is 138 Å². The summed E-state index contributed by atoms with van der Waals surface area (Å²) < 4.78 is 14.3. The molecule has 1 unspecified atom stereocenters. The zero-order valence-corrected chi connectivity index (χ0v) is 14.2. The van der Waals surface area contributed by atoms with Crippen molar-refractivity contribution in [3.05, 3.63) is 68.9 Å². The topological polar surface area (TPSA) is 12.0 Å². The first kappa shape index (κ1) is 16.5. The second kappa shape index (κ2) is 7.92. The van der Waals surface area contributed by atoms with Crippen molar-refractivity contribution < 1.29 is 4.39 Å². The van der Waals surface area contributed by atoms with Crippen molar-refractivity contribution in [1.82, 2.24) is 5.32 Å². The highest BCUT2D eigenvalue weighted by Gasteiger charge is 2.13. The van der Waals surface area contributed by atoms with Gasteiger partial charge in [-0.05, 0) is 54.8 Å². The van der Waals surface area contributed by atoms with E-state index in [0.717, 1.165) is 29.4 Å². The van der Waals surface area contributed by atoms with Crippen molar-refractivity contribution in [2.75, 3.05) is 6.54 Å². The van der Waals surface area contributed by atoms with Gasteiger partial charge in [-0.2, -0.15) is 0 Å². The van der Waals surface area contributed by atoms with Gasteiger partial charge in [-0.25, -0.2) is 4.39 Å². The number of nitrogens with one attached hydrogen (secondary N) is 1. The van der Waals surface area contributed by atoms with Crippen molar-refractivity contribution in [2.45, 2.75) is 25.8 Å². The number of rotatable bonds is 6. The van der Waals surface area contributed by atoms with E-state index in [1.807, 2.05) is 12.1 Å². The standard InChI is InChI=1S/C17H18BrClFN/c1-2-8-21-17(13-4-3-5-14(18)11-13)10-12-6-7-16(20)15(19)9-12/h3-7,9,11,17,21H,2,8,10H2,1H3. The van der Waals surface area contributed by atoms with E-state index in [4.69, 9.17) is 11.6 Å². The monoisotopic (exact) mass is 369 g/mol. The largest absolute Gasteiger partial charge is 0.310 e. The van der Waals surface area contributed by atoms with Crippen LogP contribution in [0.15, 0.2) is 46.9 Å². The van der Waals surface area contributed by atoms with Crippen LogP contribution in [0.1, 0.15) is 30.5 Å². The minimum Gasteiger partial charge on any atom is -0.310 e. The summed E-state index contributed by atoms with van der Waals surface area (Å²) in [6, 6.07) is 13.4. The normalized spacial score (nSPS) is 12.4. The predicted octanol–water partition coefficient (Wildman–Crippen LogP) is 5.53. The van der Waals surface area contributed by atoms with Crippen molar-refractivity contribution in [3.8, 4) is 0 Å². The van der Waals surface area contributed by atoms with E-state index in [9.17, 15) is 4.39 Å². The summed E-state index contributed by atoms with van der Waals surface area (Å²) in [5.41, 5.74) is 2.23. The zero-order chi connectivity index (χ0) is 15.2. The van der Waals surface area contributed by atoms with Crippen LogP contribution >= 0.6 is 27.5 Å². The second-order valence-electron chi connectivity index (χ2n) is 5.01. The quantitative estimate of drug-likeness (QED) is 0.705. The third kappa shape index (κ3) is 4.80. The molecule has 2 rings (SSSR count). The van der Waals surface area contributed by atoms with Gasteiger partial charge in [-0.1, -0.05) is 52.7 Å². The summed E-state index contributed by atoms with van der Waals surface area (Å²) in [5.74, 6) is -0.374. The van der Waals surface area contributed by atoms with Gasteiger partial charge in [0.2, 0.25) is 0 Å². The maximum atomic E-state index is 13.3. The molecule has 0 heterocycles. The SMILES string of the molecule is CCCNC(Cc1ccc(F)c(Cl)c1)c1cccc(Br)c1. The van der Waals surface area contributed by atoms with Crippen LogP contribution in [-0.4, -0.2) is 6.54 Å². The van der Waals surface area contributed by atoms with Gasteiger partial charge in [-0.15, -0.1) is 0 Å². The van der Waals surface area contributed by atoms with Crippen LogP contribution in [0.4, 0.5) is 4.39 Å². The zero-order valence-electron chi connectivity index (χ0n) is 11.9. The molecule has 0 fully saturated rings. The lowest BCUT2D eigenvalue weighted by atomic mass is 9.98. The smallest absolute Gasteiger partial charge is 0.141 e. The molecule has 112 valence electrons. The predicted molar refractivity (Wildman–Crippen MR) is 90.3 cm³/mol. The Hall–Kier alpha value is -0.900. The Balaban J connectivity index is 2.21. The third-order valence-corrected chi connectivity index (χ3v) is 4.10. The van der Waals surface area contributed by atoms with E-state index in [1.54, 1.807) is 12.1 Å². The Morgan fingerprint density at radius 2 is 2.05 bits per heavy atom. The lowest BCUT2D eigenvalue weighted by Gasteiger charge is -2.19.